The molecule has 0 aliphatic rings. The number of aryl methyl sites for hydroxylation is 1. The second kappa shape index (κ2) is 9.85. The van der Waals surface area contributed by atoms with E-state index in [9.17, 15) is 4.79 Å². The predicted molar refractivity (Wildman–Crippen MR) is 133 cm³/mol. The van der Waals surface area contributed by atoms with Crippen molar-refractivity contribution in [3.63, 3.8) is 0 Å². The molecule has 4 rings (SSSR count). The van der Waals surface area contributed by atoms with Crippen LogP contribution in [0.15, 0.2) is 96.1 Å². The van der Waals surface area contributed by atoms with Gasteiger partial charge in [-0.05, 0) is 60.2 Å². The lowest BCUT2D eigenvalue weighted by Gasteiger charge is -2.11. The van der Waals surface area contributed by atoms with Crippen molar-refractivity contribution in [2.45, 2.75) is 6.92 Å². The molecule has 6 heteroatoms. The molecule has 4 aromatic carbocycles. The lowest BCUT2D eigenvalue weighted by molar-refractivity contribution is 0.0734. The normalized spacial score (nSPS) is 10.8. The van der Waals surface area contributed by atoms with Crippen molar-refractivity contribution < 1.29 is 9.53 Å². The lowest BCUT2D eigenvalue weighted by atomic mass is 10.0. The summed E-state index contributed by atoms with van der Waals surface area (Å²) in [5.74, 6) is -0.00412. The largest absolute Gasteiger partial charge is 0.422 e. The number of benzene rings is 4. The Bertz CT molecular complexity index is 1300. The van der Waals surface area contributed by atoms with Crippen molar-refractivity contribution in [2.75, 3.05) is 5.32 Å². The number of ether oxygens (including phenoxy) is 1. The summed E-state index contributed by atoms with van der Waals surface area (Å²) in [6, 6.07) is 28.4. The van der Waals surface area contributed by atoms with Crippen molar-refractivity contribution in [2.24, 2.45) is 5.10 Å². The summed E-state index contributed by atoms with van der Waals surface area (Å²) < 4.78 is 5.74. The minimum absolute atomic E-state index is 0.353. The van der Waals surface area contributed by atoms with E-state index in [-0.39, 0.29) is 0 Å². The van der Waals surface area contributed by atoms with Gasteiger partial charge in [-0.2, -0.15) is 5.10 Å². The number of thiocarbonyl (C=S) groups is 1. The Balaban J connectivity index is 1.58. The number of rotatable bonds is 5. The number of hydrazone groups is 1. The molecule has 0 unspecified atom stereocenters. The zero-order valence-corrected chi connectivity index (χ0v) is 18.2. The maximum absolute atomic E-state index is 12.7. The number of carbonyl (C=O) groups is 1. The number of hydrogen-bond donors (Lipinski definition) is 2. The summed E-state index contributed by atoms with van der Waals surface area (Å²) in [6.07, 6.45) is 1.61. The summed E-state index contributed by atoms with van der Waals surface area (Å²) in [5.41, 5.74) is 5.83. The van der Waals surface area contributed by atoms with Gasteiger partial charge in [-0.1, -0.05) is 66.2 Å². The van der Waals surface area contributed by atoms with Gasteiger partial charge >= 0.3 is 5.97 Å². The van der Waals surface area contributed by atoms with Crippen LogP contribution in [0.2, 0.25) is 0 Å². The van der Waals surface area contributed by atoms with Crippen LogP contribution < -0.4 is 15.5 Å². The lowest BCUT2D eigenvalue weighted by Crippen LogP contribution is -2.23. The number of nitrogens with zero attached hydrogens (tertiary/aromatic N) is 1. The summed E-state index contributed by atoms with van der Waals surface area (Å²) in [4.78, 5) is 12.7. The zero-order valence-electron chi connectivity index (χ0n) is 17.4. The van der Waals surface area contributed by atoms with Crippen molar-refractivity contribution in [3.8, 4) is 5.75 Å². The van der Waals surface area contributed by atoms with Crippen LogP contribution >= 0.6 is 12.2 Å². The van der Waals surface area contributed by atoms with Gasteiger partial charge in [0.1, 0.15) is 5.75 Å². The maximum Gasteiger partial charge on any atom is 0.343 e. The number of anilines is 1. The minimum atomic E-state index is -0.423. The first-order valence-electron chi connectivity index (χ1n) is 10.1. The van der Waals surface area contributed by atoms with E-state index in [1.165, 1.54) is 0 Å². The van der Waals surface area contributed by atoms with E-state index in [1.54, 1.807) is 24.4 Å². The van der Waals surface area contributed by atoms with Gasteiger partial charge < -0.3 is 10.1 Å². The molecule has 0 aliphatic heterocycles. The molecule has 2 N–H and O–H groups in total. The van der Waals surface area contributed by atoms with Crippen LogP contribution in [0.4, 0.5) is 5.69 Å². The highest BCUT2D eigenvalue weighted by atomic mass is 32.1. The van der Waals surface area contributed by atoms with E-state index in [2.05, 4.69) is 15.8 Å². The van der Waals surface area contributed by atoms with E-state index < -0.39 is 5.97 Å². The van der Waals surface area contributed by atoms with Crippen molar-refractivity contribution in [1.29, 1.82) is 0 Å². The van der Waals surface area contributed by atoms with Gasteiger partial charge in [0.2, 0.25) is 0 Å². The quantitative estimate of drug-likeness (QED) is 0.138. The molecule has 0 saturated carbocycles. The summed E-state index contributed by atoms with van der Waals surface area (Å²) in [5, 5.41) is 9.61. The van der Waals surface area contributed by atoms with E-state index in [4.69, 9.17) is 17.0 Å². The van der Waals surface area contributed by atoms with Crippen molar-refractivity contribution in [1.82, 2.24) is 5.43 Å². The van der Waals surface area contributed by atoms with Gasteiger partial charge in [0.25, 0.3) is 0 Å². The molecule has 0 aromatic heterocycles. The topological polar surface area (TPSA) is 62.7 Å². The van der Waals surface area contributed by atoms with Crippen LogP contribution in [0.5, 0.6) is 5.75 Å². The third kappa shape index (κ3) is 5.17. The van der Waals surface area contributed by atoms with Crippen molar-refractivity contribution >= 4 is 46.0 Å². The molecule has 0 heterocycles. The number of para-hydroxylation sites is 1. The van der Waals surface area contributed by atoms with Gasteiger partial charge in [-0.3, -0.25) is 5.43 Å². The van der Waals surface area contributed by atoms with Crippen LogP contribution in [-0.4, -0.2) is 17.3 Å². The highest BCUT2D eigenvalue weighted by molar-refractivity contribution is 7.80. The Hall–Kier alpha value is -4.03. The molecule has 158 valence electrons. The van der Waals surface area contributed by atoms with E-state index in [0.29, 0.717) is 22.0 Å². The first-order valence-corrected chi connectivity index (χ1v) is 10.5. The van der Waals surface area contributed by atoms with Gasteiger partial charge in [-0.15, -0.1) is 0 Å². The third-order valence-corrected chi connectivity index (χ3v) is 4.97. The minimum Gasteiger partial charge on any atom is -0.422 e. The average molecular weight is 440 g/mol. The molecule has 0 bridgehead atoms. The fraction of sp³-hybridized carbons (Fsp3) is 0.0385. The summed E-state index contributed by atoms with van der Waals surface area (Å²) in [6.45, 7) is 1.93. The standard InChI is InChI=1S/C26H21N3O2S/c1-18-8-7-10-20(16-18)25(30)31-24-15-14-19-9-5-6-13-22(19)23(24)17-27-29-26(32)28-21-11-3-2-4-12-21/h2-17H,1H3,(H2,28,29,32)/b27-17-. The van der Waals surface area contributed by atoms with Crippen LogP contribution in [0.3, 0.4) is 0 Å². The van der Waals surface area contributed by atoms with Crippen molar-refractivity contribution in [3.05, 3.63) is 108 Å². The van der Waals surface area contributed by atoms with Crippen LogP contribution in [0, 0.1) is 6.92 Å². The summed E-state index contributed by atoms with van der Waals surface area (Å²) >= 11 is 5.30. The molecule has 0 amide bonds. The molecule has 0 saturated heterocycles. The molecular formula is C26H21N3O2S. The van der Waals surface area contributed by atoms with Gasteiger partial charge in [-0.25, -0.2) is 4.79 Å². The molecule has 5 nitrogen and oxygen atoms in total. The first-order chi connectivity index (χ1) is 15.6. The highest BCUT2D eigenvalue weighted by Crippen LogP contribution is 2.27. The molecular weight excluding hydrogens is 418 g/mol. The molecule has 0 spiro atoms. The number of carbonyl (C=O) groups excluding carboxylic acids is 1. The second-order valence-electron chi connectivity index (χ2n) is 7.15. The zero-order chi connectivity index (χ0) is 22.3. The van der Waals surface area contributed by atoms with Crippen LogP contribution in [0.25, 0.3) is 10.8 Å². The van der Waals surface area contributed by atoms with Crippen LogP contribution in [0.1, 0.15) is 21.5 Å². The van der Waals surface area contributed by atoms with E-state index >= 15 is 0 Å². The highest BCUT2D eigenvalue weighted by Gasteiger charge is 2.13. The maximum atomic E-state index is 12.7. The predicted octanol–water partition coefficient (Wildman–Crippen LogP) is 5.69. The van der Waals surface area contributed by atoms with Gasteiger partial charge in [0.15, 0.2) is 5.11 Å². The number of fused-ring (bicyclic) bond motifs is 1. The van der Waals surface area contributed by atoms with Gasteiger partial charge in [0, 0.05) is 11.3 Å². The van der Waals surface area contributed by atoms with Gasteiger partial charge in [0.05, 0.1) is 11.8 Å². The number of nitrogens with one attached hydrogen (secondary N) is 2. The number of hydrogen-bond acceptors (Lipinski definition) is 4. The van der Waals surface area contributed by atoms with E-state index in [1.807, 2.05) is 79.7 Å². The molecule has 0 aliphatic carbocycles. The number of esters is 1. The Morgan fingerprint density at radius 1 is 0.938 bits per heavy atom. The fourth-order valence-electron chi connectivity index (χ4n) is 3.26. The first kappa shape index (κ1) is 21.2. The SMILES string of the molecule is Cc1cccc(C(=O)Oc2ccc3ccccc3c2/C=N\NC(=S)Nc2ccccc2)c1. The fourth-order valence-corrected chi connectivity index (χ4v) is 3.44. The Morgan fingerprint density at radius 3 is 2.53 bits per heavy atom. The molecule has 32 heavy (non-hydrogen) atoms. The molecule has 0 fully saturated rings. The monoisotopic (exact) mass is 439 g/mol. The Morgan fingerprint density at radius 2 is 1.72 bits per heavy atom. The van der Waals surface area contributed by atoms with E-state index in [0.717, 1.165) is 22.0 Å². The Kier molecular flexibility index (Phi) is 6.53. The molecule has 0 radical (unpaired) electrons. The smallest absolute Gasteiger partial charge is 0.343 e. The van der Waals surface area contributed by atoms with Crippen LogP contribution in [-0.2, 0) is 0 Å². The summed E-state index contributed by atoms with van der Waals surface area (Å²) in [7, 11) is 0. The third-order valence-electron chi connectivity index (χ3n) is 4.78. The molecule has 0 atom stereocenters. The molecule has 4 aromatic rings. The Labute approximate surface area is 191 Å². The second-order valence-corrected chi connectivity index (χ2v) is 7.56. The average Bonchev–Trinajstić information content (AvgIpc) is 2.81.